The molecule has 2 aromatic carbocycles. The maximum absolute atomic E-state index is 12.6. The van der Waals surface area contributed by atoms with Crippen LogP contribution in [0.3, 0.4) is 0 Å². The fraction of sp³-hybridized carbons (Fsp3) is 0.458. The van der Waals surface area contributed by atoms with Gasteiger partial charge in [-0.2, -0.15) is 0 Å². The van der Waals surface area contributed by atoms with Gasteiger partial charge in [-0.1, -0.05) is 56.2 Å². The fourth-order valence-electron chi connectivity index (χ4n) is 3.72. The van der Waals surface area contributed by atoms with Gasteiger partial charge in [-0.05, 0) is 68.1 Å². The average molecular weight is 365 g/mol. The summed E-state index contributed by atoms with van der Waals surface area (Å²) in [4.78, 5) is 15.1. The first-order chi connectivity index (χ1) is 13.2. The number of amides is 1. The van der Waals surface area contributed by atoms with E-state index in [0.29, 0.717) is 0 Å². The molecule has 1 N–H and O–H groups in total. The van der Waals surface area contributed by atoms with Gasteiger partial charge in [0.25, 0.3) is 5.91 Å². The number of nitrogens with one attached hydrogen (secondary N) is 1. The molecule has 1 atom stereocenters. The molecule has 0 aromatic heterocycles. The third-order valence-corrected chi connectivity index (χ3v) is 5.56. The molecule has 1 amide bonds. The molecule has 0 spiro atoms. The maximum atomic E-state index is 12.6. The molecule has 3 rings (SSSR count). The molecule has 1 saturated heterocycles. The van der Waals surface area contributed by atoms with E-state index in [9.17, 15) is 4.79 Å². The molecule has 0 bridgehead atoms. The van der Waals surface area contributed by atoms with Gasteiger partial charge in [-0.3, -0.25) is 9.69 Å². The lowest BCUT2D eigenvalue weighted by atomic mass is 10.0. The molecule has 27 heavy (non-hydrogen) atoms. The number of aryl methyl sites for hydroxylation is 1. The van der Waals surface area contributed by atoms with Crippen LogP contribution in [0.5, 0.6) is 0 Å². The zero-order valence-electron chi connectivity index (χ0n) is 16.7. The first-order valence-electron chi connectivity index (χ1n) is 10.4. The Morgan fingerprint density at radius 2 is 1.52 bits per heavy atom. The van der Waals surface area contributed by atoms with Crippen molar-refractivity contribution < 1.29 is 4.79 Å². The van der Waals surface area contributed by atoms with Crippen LogP contribution in [0.4, 0.5) is 0 Å². The minimum atomic E-state index is -0.0107. The summed E-state index contributed by atoms with van der Waals surface area (Å²) in [6, 6.07) is 16.6. The Hall–Kier alpha value is -2.13. The second-order valence-electron chi connectivity index (χ2n) is 7.68. The molecular weight excluding hydrogens is 332 g/mol. The average Bonchev–Trinajstić information content (AvgIpc) is 2.97. The normalized spacial score (nSPS) is 16.5. The molecule has 0 unspecified atom stereocenters. The smallest absolute Gasteiger partial charge is 0.251 e. The van der Waals surface area contributed by atoms with Crippen molar-refractivity contribution in [2.24, 2.45) is 0 Å². The van der Waals surface area contributed by atoms with Gasteiger partial charge in [0, 0.05) is 12.1 Å². The van der Waals surface area contributed by atoms with Gasteiger partial charge >= 0.3 is 0 Å². The van der Waals surface area contributed by atoms with E-state index in [-0.39, 0.29) is 11.9 Å². The largest absolute Gasteiger partial charge is 0.346 e. The summed E-state index contributed by atoms with van der Waals surface area (Å²) in [6.45, 7) is 7.55. The van der Waals surface area contributed by atoms with E-state index in [1.54, 1.807) is 0 Å². The lowest BCUT2D eigenvalue weighted by Crippen LogP contribution is -2.27. The van der Waals surface area contributed by atoms with E-state index in [1.165, 1.54) is 49.9 Å². The van der Waals surface area contributed by atoms with Gasteiger partial charge < -0.3 is 5.32 Å². The van der Waals surface area contributed by atoms with Crippen molar-refractivity contribution in [3.8, 4) is 0 Å². The quantitative estimate of drug-likeness (QED) is 0.772. The monoisotopic (exact) mass is 364 g/mol. The van der Waals surface area contributed by atoms with Crippen LogP contribution < -0.4 is 5.32 Å². The Bertz CT molecular complexity index is 713. The molecule has 1 aliphatic heterocycles. The number of likely N-dealkylation sites (tertiary alicyclic amines) is 1. The second-order valence-corrected chi connectivity index (χ2v) is 7.68. The lowest BCUT2D eigenvalue weighted by Gasteiger charge is -2.20. The molecule has 2 aromatic rings. The van der Waals surface area contributed by atoms with E-state index < -0.39 is 0 Å². The van der Waals surface area contributed by atoms with E-state index >= 15 is 0 Å². The van der Waals surface area contributed by atoms with Crippen molar-refractivity contribution in [3.63, 3.8) is 0 Å². The predicted molar refractivity (Wildman–Crippen MR) is 112 cm³/mol. The SMILES string of the molecule is CCc1ccc([C@@H](C)NC(=O)c2ccc(CN3CCCCCC3)cc2)cc1. The zero-order chi connectivity index (χ0) is 19.1. The summed E-state index contributed by atoms with van der Waals surface area (Å²) in [5.74, 6) is -0.0107. The number of benzene rings is 2. The van der Waals surface area contributed by atoms with Crippen LogP contribution >= 0.6 is 0 Å². The van der Waals surface area contributed by atoms with Gasteiger partial charge in [0.15, 0.2) is 0 Å². The summed E-state index contributed by atoms with van der Waals surface area (Å²) in [5, 5.41) is 3.11. The van der Waals surface area contributed by atoms with E-state index in [0.717, 1.165) is 24.1 Å². The first-order valence-corrected chi connectivity index (χ1v) is 10.4. The van der Waals surface area contributed by atoms with Crippen molar-refractivity contribution in [1.29, 1.82) is 0 Å². The summed E-state index contributed by atoms with van der Waals surface area (Å²) < 4.78 is 0. The summed E-state index contributed by atoms with van der Waals surface area (Å²) >= 11 is 0. The number of carbonyl (C=O) groups excluding carboxylic acids is 1. The van der Waals surface area contributed by atoms with Crippen LogP contribution in [-0.4, -0.2) is 23.9 Å². The van der Waals surface area contributed by atoms with Gasteiger partial charge in [-0.15, -0.1) is 0 Å². The van der Waals surface area contributed by atoms with Gasteiger partial charge in [-0.25, -0.2) is 0 Å². The maximum Gasteiger partial charge on any atom is 0.251 e. The van der Waals surface area contributed by atoms with Crippen LogP contribution in [0, 0.1) is 0 Å². The molecule has 3 nitrogen and oxygen atoms in total. The molecule has 1 heterocycles. The highest BCUT2D eigenvalue weighted by Gasteiger charge is 2.13. The number of rotatable bonds is 6. The van der Waals surface area contributed by atoms with Gasteiger partial charge in [0.2, 0.25) is 0 Å². The minimum absolute atomic E-state index is 0.000169. The number of hydrogen-bond acceptors (Lipinski definition) is 2. The fourth-order valence-corrected chi connectivity index (χ4v) is 3.72. The van der Waals surface area contributed by atoms with E-state index in [4.69, 9.17) is 0 Å². The zero-order valence-corrected chi connectivity index (χ0v) is 16.7. The molecule has 0 radical (unpaired) electrons. The third-order valence-electron chi connectivity index (χ3n) is 5.56. The highest BCUT2D eigenvalue weighted by Crippen LogP contribution is 2.16. The van der Waals surface area contributed by atoms with Gasteiger partial charge in [0.1, 0.15) is 0 Å². The van der Waals surface area contributed by atoms with Crippen molar-refractivity contribution >= 4 is 5.91 Å². The Morgan fingerprint density at radius 3 is 2.11 bits per heavy atom. The van der Waals surface area contributed by atoms with Crippen molar-refractivity contribution in [3.05, 3.63) is 70.8 Å². The first kappa shape index (κ1) is 19.6. The van der Waals surface area contributed by atoms with Crippen LogP contribution in [0.1, 0.15) is 72.6 Å². The van der Waals surface area contributed by atoms with Crippen LogP contribution in [0.2, 0.25) is 0 Å². The molecular formula is C24H32N2O. The molecule has 144 valence electrons. The summed E-state index contributed by atoms with van der Waals surface area (Å²) in [6.07, 6.45) is 6.35. The topological polar surface area (TPSA) is 32.3 Å². The van der Waals surface area contributed by atoms with Crippen LogP contribution in [0.25, 0.3) is 0 Å². The highest BCUT2D eigenvalue weighted by molar-refractivity contribution is 5.94. The number of carbonyl (C=O) groups is 1. The minimum Gasteiger partial charge on any atom is -0.346 e. The second kappa shape index (κ2) is 9.70. The Labute approximate surface area is 163 Å². The summed E-state index contributed by atoms with van der Waals surface area (Å²) in [5.41, 5.74) is 4.47. The highest BCUT2D eigenvalue weighted by atomic mass is 16.1. The van der Waals surface area contributed by atoms with Crippen molar-refractivity contribution in [2.45, 2.75) is 58.5 Å². The van der Waals surface area contributed by atoms with Crippen molar-refractivity contribution in [2.75, 3.05) is 13.1 Å². The van der Waals surface area contributed by atoms with E-state index in [1.807, 2.05) is 19.1 Å². The molecule has 0 aliphatic carbocycles. The molecule has 0 saturated carbocycles. The molecule has 1 fully saturated rings. The van der Waals surface area contributed by atoms with Crippen LogP contribution in [-0.2, 0) is 13.0 Å². The predicted octanol–water partition coefficient (Wildman–Crippen LogP) is 5.12. The Morgan fingerprint density at radius 1 is 0.926 bits per heavy atom. The standard InChI is InChI=1S/C24H32N2O/c1-3-20-8-12-22(13-9-20)19(2)25-24(27)23-14-10-21(11-15-23)18-26-16-6-4-5-7-17-26/h8-15,19H,3-7,16-18H2,1-2H3,(H,25,27)/t19-/m1/s1. The third kappa shape index (κ3) is 5.67. The Kier molecular flexibility index (Phi) is 7.05. The molecule has 1 aliphatic rings. The number of nitrogens with zero attached hydrogens (tertiary/aromatic N) is 1. The van der Waals surface area contributed by atoms with Gasteiger partial charge in [0.05, 0.1) is 6.04 Å². The van der Waals surface area contributed by atoms with Crippen molar-refractivity contribution in [1.82, 2.24) is 10.2 Å². The Balaban J connectivity index is 1.56. The number of hydrogen-bond donors (Lipinski definition) is 1. The summed E-state index contributed by atoms with van der Waals surface area (Å²) in [7, 11) is 0. The lowest BCUT2D eigenvalue weighted by molar-refractivity contribution is 0.0940. The van der Waals surface area contributed by atoms with Crippen LogP contribution in [0.15, 0.2) is 48.5 Å². The molecule has 3 heteroatoms. The van der Waals surface area contributed by atoms with E-state index in [2.05, 4.69) is 53.5 Å².